The molecule has 0 aliphatic carbocycles. The Morgan fingerprint density at radius 2 is 1.97 bits per heavy atom. The van der Waals surface area contributed by atoms with Gasteiger partial charge in [-0.2, -0.15) is 0 Å². The van der Waals surface area contributed by atoms with E-state index in [4.69, 9.17) is 21.1 Å². The Labute approximate surface area is 176 Å². The van der Waals surface area contributed by atoms with Gasteiger partial charge in [-0.3, -0.25) is 0 Å². The van der Waals surface area contributed by atoms with E-state index in [1.165, 1.54) is 0 Å². The van der Waals surface area contributed by atoms with Gasteiger partial charge in [-0.1, -0.05) is 41.9 Å². The Balaban J connectivity index is 1.59. The van der Waals surface area contributed by atoms with Gasteiger partial charge in [0.15, 0.2) is 17.5 Å². The number of hydrogen-bond acceptors (Lipinski definition) is 4. The number of aliphatic imine (C=N–C) groups is 1. The Morgan fingerprint density at radius 3 is 2.76 bits per heavy atom. The molecule has 0 bridgehead atoms. The summed E-state index contributed by atoms with van der Waals surface area (Å²) in [5, 5.41) is 17.3. The molecular formula is C22H28ClN3O3. The minimum Gasteiger partial charge on any atom is -0.489 e. The van der Waals surface area contributed by atoms with Crippen LogP contribution in [0.3, 0.4) is 0 Å². The third kappa shape index (κ3) is 6.27. The summed E-state index contributed by atoms with van der Waals surface area (Å²) in [5.41, 5.74) is 1.86. The number of benzene rings is 2. The van der Waals surface area contributed by atoms with Gasteiger partial charge in [0.2, 0.25) is 0 Å². The molecule has 1 atom stereocenters. The van der Waals surface area contributed by atoms with Crippen molar-refractivity contribution in [3.05, 3.63) is 58.6 Å². The van der Waals surface area contributed by atoms with Crippen LogP contribution in [0.15, 0.2) is 47.5 Å². The average Bonchev–Trinajstić information content (AvgIpc) is 2.98. The molecule has 29 heavy (non-hydrogen) atoms. The van der Waals surface area contributed by atoms with Crippen molar-refractivity contribution in [2.45, 2.75) is 32.4 Å². The first kappa shape index (κ1) is 21.3. The number of aliphatic hydroxyl groups excluding tert-OH is 1. The lowest BCUT2D eigenvalue weighted by Gasteiger charge is -2.15. The molecule has 0 amide bonds. The molecule has 0 spiro atoms. The van der Waals surface area contributed by atoms with Crippen LogP contribution in [0.4, 0.5) is 0 Å². The molecule has 2 aromatic rings. The molecule has 1 heterocycles. The Hall–Kier alpha value is -2.44. The van der Waals surface area contributed by atoms with Gasteiger partial charge in [0, 0.05) is 19.5 Å². The molecule has 2 aromatic carbocycles. The van der Waals surface area contributed by atoms with E-state index in [0.717, 1.165) is 24.1 Å². The molecule has 0 radical (unpaired) electrons. The van der Waals surface area contributed by atoms with Gasteiger partial charge >= 0.3 is 0 Å². The first-order valence-electron chi connectivity index (χ1n) is 10.0. The van der Waals surface area contributed by atoms with Gasteiger partial charge in [0.25, 0.3) is 0 Å². The first-order chi connectivity index (χ1) is 14.2. The number of guanidine groups is 1. The molecule has 156 valence electrons. The highest BCUT2D eigenvalue weighted by molar-refractivity contribution is 6.32. The summed E-state index contributed by atoms with van der Waals surface area (Å²) < 4.78 is 11.4. The maximum Gasteiger partial charge on any atom is 0.191 e. The fourth-order valence-electron chi connectivity index (χ4n) is 3.06. The van der Waals surface area contributed by atoms with Gasteiger partial charge in [-0.05, 0) is 36.6 Å². The van der Waals surface area contributed by atoms with Crippen LogP contribution in [-0.2, 0) is 6.54 Å². The normalized spacial score (nSPS) is 14.8. The highest BCUT2D eigenvalue weighted by atomic mass is 35.5. The smallest absolute Gasteiger partial charge is 0.191 e. The van der Waals surface area contributed by atoms with E-state index in [0.29, 0.717) is 55.2 Å². The summed E-state index contributed by atoms with van der Waals surface area (Å²) in [4.78, 5) is 4.62. The molecule has 7 heteroatoms. The minimum atomic E-state index is -0.507. The molecule has 3 N–H and O–H groups in total. The predicted octanol–water partition coefficient (Wildman–Crippen LogP) is 3.68. The van der Waals surface area contributed by atoms with Crippen molar-refractivity contribution in [3.8, 4) is 11.5 Å². The summed E-state index contributed by atoms with van der Waals surface area (Å²) in [6, 6.07) is 13.4. The van der Waals surface area contributed by atoms with Gasteiger partial charge in [0.1, 0.15) is 0 Å². The second-order valence-corrected chi connectivity index (χ2v) is 7.20. The van der Waals surface area contributed by atoms with E-state index in [1.807, 2.05) is 49.4 Å². The zero-order chi connectivity index (χ0) is 20.5. The standard InChI is InChI=1S/C22H28ClN3O3/c1-2-24-22(25-10-9-19(27)17-7-4-3-5-8-17)26-15-16-13-18(23)21-20(14-16)28-11-6-12-29-21/h3-5,7-8,13-14,19,27H,2,6,9-12,15H2,1H3,(H2,24,25,26). The van der Waals surface area contributed by atoms with E-state index in [-0.39, 0.29) is 0 Å². The van der Waals surface area contributed by atoms with Crippen LogP contribution < -0.4 is 20.1 Å². The van der Waals surface area contributed by atoms with Crippen molar-refractivity contribution in [2.24, 2.45) is 4.99 Å². The number of fused-ring (bicyclic) bond motifs is 1. The van der Waals surface area contributed by atoms with Crippen LogP contribution >= 0.6 is 11.6 Å². The van der Waals surface area contributed by atoms with Crippen molar-refractivity contribution in [3.63, 3.8) is 0 Å². The van der Waals surface area contributed by atoms with Gasteiger partial charge in [0.05, 0.1) is 30.9 Å². The summed E-state index contributed by atoms with van der Waals surface area (Å²) in [5.74, 6) is 1.97. The highest BCUT2D eigenvalue weighted by Crippen LogP contribution is 2.38. The van der Waals surface area contributed by atoms with E-state index >= 15 is 0 Å². The summed E-state index contributed by atoms with van der Waals surface area (Å²) in [6.07, 6.45) is 0.915. The minimum absolute atomic E-state index is 0.451. The Bertz CT molecular complexity index is 814. The van der Waals surface area contributed by atoms with Crippen LogP contribution in [0.25, 0.3) is 0 Å². The number of ether oxygens (including phenoxy) is 2. The van der Waals surface area contributed by atoms with Crippen molar-refractivity contribution >= 4 is 17.6 Å². The first-order valence-corrected chi connectivity index (χ1v) is 10.4. The molecule has 6 nitrogen and oxygen atoms in total. The molecule has 0 saturated heterocycles. The number of aliphatic hydroxyl groups is 1. The molecule has 1 aliphatic rings. The Morgan fingerprint density at radius 1 is 1.17 bits per heavy atom. The van der Waals surface area contributed by atoms with E-state index in [2.05, 4.69) is 15.6 Å². The topological polar surface area (TPSA) is 75.1 Å². The van der Waals surface area contributed by atoms with Crippen LogP contribution in [0.1, 0.15) is 37.0 Å². The molecular weight excluding hydrogens is 390 g/mol. The van der Waals surface area contributed by atoms with Crippen LogP contribution in [0.5, 0.6) is 11.5 Å². The summed E-state index contributed by atoms with van der Waals surface area (Å²) in [7, 11) is 0. The number of nitrogens with zero attached hydrogens (tertiary/aromatic N) is 1. The van der Waals surface area contributed by atoms with E-state index < -0.39 is 6.10 Å². The number of halogens is 1. The monoisotopic (exact) mass is 417 g/mol. The zero-order valence-electron chi connectivity index (χ0n) is 16.7. The van der Waals surface area contributed by atoms with Crippen molar-refractivity contribution in [2.75, 3.05) is 26.3 Å². The summed E-state index contributed by atoms with van der Waals surface area (Å²) >= 11 is 6.36. The van der Waals surface area contributed by atoms with Crippen LogP contribution in [-0.4, -0.2) is 37.4 Å². The lowest BCUT2D eigenvalue weighted by molar-refractivity contribution is 0.168. The molecule has 1 aliphatic heterocycles. The lowest BCUT2D eigenvalue weighted by atomic mass is 10.1. The second kappa shape index (κ2) is 10.9. The van der Waals surface area contributed by atoms with Crippen LogP contribution in [0.2, 0.25) is 5.02 Å². The second-order valence-electron chi connectivity index (χ2n) is 6.79. The molecule has 1 unspecified atom stereocenters. The largest absolute Gasteiger partial charge is 0.489 e. The van der Waals surface area contributed by atoms with Crippen LogP contribution in [0, 0.1) is 0 Å². The fourth-order valence-corrected chi connectivity index (χ4v) is 3.34. The maximum atomic E-state index is 10.3. The third-order valence-corrected chi connectivity index (χ3v) is 4.80. The highest BCUT2D eigenvalue weighted by Gasteiger charge is 2.15. The molecule has 0 aromatic heterocycles. The molecule has 0 fully saturated rings. The average molecular weight is 418 g/mol. The maximum absolute atomic E-state index is 10.3. The third-order valence-electron chi connectivity index (χ3n) is 4.52. The SMILES string of the molecule is CCNC(=NCc1cc(Cl)c2c(c1)OCCCO2)NCCC(O)c1ccccc1. The van der Waals surface area contributed by atoms with E-state index in [1.54, 1.807) is 0 Å². The molecule has 0 saturated carbocycles. The fraction of sp³-hybridized carbons (Fsp3) is 0.409. The molecule has 3 rings (SSSR count). The van der Waals surface area contributed by atoms with Crippen molar-refractivity contribution in [1.82, 2.24) is 10.6 Å². The number of rotatable bonds is 7. The van der Waals surface area contributed by atoms with E-state index in [9.17, 15) is 5.11 Å². The van der Waals surface area contributed by atoms with Gasteiger partial charge in [-0.25, -0.2) is 4.99 Å². The predicted molar refractivity (Wildman–Crippen MR) is 116 cm³/mol. The van der Waals surface area contributed by atoms with Gasteiger partial charge in [-0.15, -0.1) is 0 Å². The summed E-state index contributed by atoms with van der Waals surface area (Å²) in [6.45, 7) is 5.03. The number of hydrogen-bond donors (Lipinski definition) is 3. The Kier molecular flexibility index (Phi) is 8.02. The van der Waals surface area contributed by atoms with Crippen molar-refractivity contribution < 1.29 is 14.6 Å². The number of nitrogens with one attached hydrogen (secondary N) is 2. The quantitative estimate of drug-likeness (QED) is 0.473. The van der Waals surface area contributed by atoms with Gasteiger partial charge < -0.3 is 25.2 Å². The van der Waals surface area contributed by atoms with Crippen molar-refractivity contribution in [1.29, 1.82) is 0 Å². The zero-order valence-corrected chi connectivity index (χ0v) is 17.4. The lowest BCUT2D eigenvalue weighted by Crippen LogP contribution is -2.38.